The normalized spacial score (nSPS) is 11.7. The molecule has 0 saturated heterocycles. The maximum Gasteiger partial charge on any atom is 0.424 e. The minimum absolute atomic E-state index is 0.0190. The second kappa shape index (κ2) is 5.92. The SMILES string of the molecule is CS(=O)(=O)c1c(F)cc(-c2coc(=O)n2-c2ccc(F)cc2)cc1F. The first-order valence-electron chi connectivity index (χ1n) is 6.84. The third kappa shape index (κ3) is 3.10. The van der Waals surface area contributed by atoms with Gasteiger partial charge in [0.1, 0.15) is 28.6 Å². The number of aromatic nitrogens is 1. The van der Waals surface area contributed by atoms with Crippen LogP contribution in [0.4, 0.5) is 13.2 Å². The van der Waals surface area contributed by atoms with Crippen molar-refractivity contribution in [3.8, 4) is 16.9 Å². The summed E-state index contributed by atoms with van der Waals surface area (Å²) >= 11 is 0. The predicted octanol–water partition coefficient (Wildman–Crippen LogP) is 2.92. The van der Waals surface area contributed by atoms with Crippen LogP contribution in [0.5, 0.6) is 0 Å². The first-order valence-corrected chi connectivity index (χ1v) is 8.73. The molecule has 0 aliphatic heterocycles. The van der Waals surface area contributed by atoms with Crippen LogP contribution in [-0.2, 0) is 9.84 Å². The van der Waals surface area contributed by atoms with Crippen LogP contribution < -0.4 is 5.76 Å². The van der Waals surface area contributed by atoms with Crippen LogP contribution in [-0.4, -0.2) is 19.2 Å². The van der Waals surface area contributed by atoms with E-state index in [0.29, 0.717) is 6.26 Å². The van der Waals surface area contributed by atoms with E-state index in [2.05, 4.69) is 0 Å². The Hall–Kier alpha value is -2.81. The molecular formula is C16H10F3NO4S. The zero-order valence-electron chi connectivity index (χ0n) is 12.7. The Bertz CT molecular complexity index is 1090. The molecule has 0 aliphatic carbocycles. The number of hydrogen-bond donors (Lipinski definition) is 0. The fraction of sp³-hybridized carbons (Fsp3) is 0.0625. The molecule has 1 heterocycles. The van der Waals surface area contributed by atoms with Crippen LogP contribution >= 0.6 is 0 Å². The number of nitrogens with zero attached hydrogens (tertiary/aromatic N) is 1. The van der Waals surface area contributed by atoms with Crippen molar-refractivity contribution in [3.63, 3.8) is 0 Å². The predicted molar refractivity (Wildman–Crippen MR) is 82.7 cm³/mol. The lowest BCUT2D eigenvalue weighted by molar-refractivity contribution is 0.504. The van der Waals surface area contributed by atoms with Crippen molar-refractivity contribution in [2.24, 2.45) is 0 Å². The van der Waals surface area contributed by atoms with E-state index in [1.807, 2.05) is 0 Å². The zero-order valence-corrected chi connectivity index (χ0v) is 13.5. The van der Waals surface area contributed by atoms with E-state index in [1.165, 1.54) is 12.1 Å². The van der Waals surface area contributed by atoms with Crippen molar-refractivity contribution in [2.45, 2.75) is 4.90 Å². The molecule has 1 aromatic heterocycles. The molecule has 0 bridgehead atoms. The summed E-state index contributed by atoms with van der Waals surface area (Å²) in [6.07, 6.45) is 1.65. The van der Waals surface area contributed by atoms with Gasteiger partial charge in [-0.25, -0.2) is 31.0 Å². The van der Waals surface area contributed by atoms with E-state index >= 15 is 0 Å². The van der Waals surface area contributed by atoms with Crippen molar-refractivity contribution in [1.29, 1.82) is 0 Å². The molecule has 0 saturated carbocycles. The van der Waals surface area contributed by atoms with E-state index in [-0.39, 0.29) is 16.9 Å². The molecule has 0 radical (unpaired) electrons. The van der Waals surface area contributed by atoms with Gasteiger partial charge in [-0.15, -0.1) is 0 Å². The molecule has 9 heteroatoms. The summed E-state index contributed by atoms with van der Waals surface area (Å²) in [5.41, 5.74) is 0.0789. The topological polar surface area (TPSA) is 69.3 Å². The lowest BCUT2D eigenvalue weighted by atomic mass is 10.1. The van der Waals surface area contributed by atoms with E-state index in [9.17, 15) is 26.4 Å². The monoisotopic (exact) mass is 369 g/mol. The van der Waals surface area contributed by atoms with Crippen molar-refractivity contribution in [2.75, 3.05) is 6.26 Å². The summed E-state index contributed by atoms with van der Waals surface area (Å²) in [5, 5.41) is 0. The maximum atomic E-state index is 14.1. The lowest BCUT2D eigenvalue weighted by Crippen LogP contribution is -2.13. The van der Waals surface area contributed by atoms with Crippen molar-refractivity contribution >= 4 is 9.84 Å². The molecule has 130 valence electrons. The van der Waals surface area contributed by atoms with Gasteiger partial charge in [0.2, 0.25) is 0 Å². The summed E-state index contributed by atoms with van der Waals surface area (Å²) in [7, 11) is -4.11. The highest BCUT2D eigenvalue weighted by Crippen LogP contribution is 2.28. The first-order chi connectivity index (χ1) is 11.7. The average Bonchev–Trinajstić information content (AvgIpc) is 2.87. The Morgan fingerprint density at radius 2 is 1.56 bits per heavy atom. The smallest absolute Gasteiger partial charge is 0.415 e. The Labute approximate surface area is 139 Å². The largest absolute Gasteiger partial charge is 0.424 e. The van der Waals surface area contributed by atoms with Gasteiger partial charge in [0.25, 0.3) is 0 Å². The van der Waals surface area contributed by atoms with Gasteiger partial charge in [-0.3, -0.25) is 0 Å². The Morgan fingerprint density at radius 3 is 2.08 bits per heavy atom. The van der Waals surface area contributed by atoms with Crippen LogP contribution in [0.25, 0.3) is 16.9 Å². The molecule has 0 unspecified atom stereocenters. The summed E-state index contributed by atoms with van der Waals surface area (Å²) in [6.45, 7) is 0. The number of benzene rings is 2. The Morgan fingerprint density at radius 1 is 1.00 bits per heavy atom. The van der Waals surface area contributed by atoms with Crippen molar-refractivity contribution < 1.29 is 26.0 Å². The van der Waals surface area contributed by atoms with E-state index in [1.54, 1.807) is 0 Å². The molecule has 0 fully saturated rings. The highest BCUT2D eigenvalue weighted by Gasteiger charge is 2.23. The van der Waals surface area contributed by atoms with Gasteiger partial charge >= 0.3 is 5.76 Å². The second-order valence-electron chi connectivity index (χ2n) is 5.24. The van der Waals surface area contributed by atoms with Gasteiger partial charge in [0.15, 0.2) is 9.84 Å². The lowest BCUT2D eigenvalue weighted by Gasteiger charge is -2.09. The molecule has 3 rings (SSSR count). The Balaban J connectivity index is 2.23. The third-order valence-electron chi connectivity index (χ3n) is 3.44. The van der Waals surface area contributed by atoms with Crippen LogP contribution in [0.3, 0.4) is 0 Å². The Kier molecular flexibility index (Phi) is 4.03. The zero-order chi connectivity index (χ0) is 18.4. The van der Waals surface area contributed by atoms with Gasteiger partial charge in [0, 0.05) is 11.8 Å². The van der Waals surface area contributed by atoms with Gasteiger partial charge in [-0.2, -0.15) is 0 Å². The summed E-state index contributed by atoms with van der Waals surface area (Å²) in [5.74, 6) is -3.97. The highest BCUT2D eigenvalue weighted by atomic mass is 32.2. The van der Waals surface area contributed by atoms with Gasteiger partial charge in [-0.1, -0.05) is 0 Å². The van der Waals surface area contributed by atoms with Crippen molar-refractivity contribution in [1.82, 2.24) is 4.57 Å². The number of halogens is 3. The average molecular weight is 369 g/mol. The van der Waals surface area contributed by atoms with Crippen LogP contribution in [0.2, 0.25) is 0 Å². The molecule has 5 nitrogen and oxygen atoms in total. The number of sulfone groups is 1. The first kappa shape index (κ1) is 17.0. The van der Waals surface area contributed by atoms with Crippen LogP contribution in [0, 0.1) is 17.5 Å². The quantitative estimate of drug-likeness (QED) is 0.712. The molecular weight excluding hydrogens is 359 g/mol. The van der Waals surface area contributed by atoms with Crippen molar-refractivity contribution in [3.05, 3.63) is 70.7 Å². The standard InChI is InChI=1S/C16H10F3NO4S/c1-25(22,23)15-12(18)6-9(7-13(15)19)14-8-24-16(21)20(14)11-4-2-10(17)3-5-11/h2-8H,1H3. The van der Waals surface area contributed by atoms with Crippen LogP contribution in [0.15, 0.2) is 56.8 Å². The van der Waals surface area contributed by atoms with E-state index < -0.39 is 37.9 Å². The highest BCUT2D eigenvalue weighted by molar-refractivity contribution is 7.90. The fourth-order valence-corrected chi connectivity index (χ4v) is 3.23. The molecule has 0 N–H and O–H groups in total. The molecule has 0 atom stereocenters. The summed E-state index contributed by atoms with van der Waals surface area (Å²) in [6, 6.07) is 6.34. The summed E-state index contributed by atoms with van der Waals surface area (Å²) in [4.78, 5) is 10.9. The van der Waals surface area contributed by atoms with Gasteiger partial charge in [-0.05, 0) is 36.4 Å². The minimum atomic E-state index is -4.11. The van der Waals surface area contributed by atoms with E-state index in [4.69, 9.17) is 4.42 Å². The molecule has 25 heavy (non-hydrogen) atoms. The minimum Gasteiger partial charge on any atom is -0.415 e. The fourth-order valence-electron chi connectivity index (χ4n) is 2.40. The van der Waals surface area contributed by atoms with Gasteiger partial charge in [0.05, 0.1) is 11.4 Å². The van der Waals surface area contributed by atoms with Crippen LogP contribution in [0.1, 0.15) is 0 Å². The molecule has 0 aliphatic rings. The number of oxazole rings is 1. The maximum absolute atomic E-state index is 14.1. The molecule has 3 aromatic rings. The van der Waals surface area contributed by atoms with E-state index in [0.717, 1.165) is 35.1 Å². The molecule has 2 aromatic carbocycles. The number of rotatable bonds is 3. The summed E-state index contributed by atoms with van der Waals surface area (Å²) < 4.78 is 69.9. The molecule has 0 spiro atoms. The number of hydrogen-bond acceptors (Lipinski definition) is 4. The van der Waals surface area contributed by atoms with Gasteiger partial charge < -0.3 is 4.42 Å². The molecule has 0 amide bonds. The third-order valence-corrected chi connectivity index (χ3v) is 4.58. The second-order valence-corrected chi connectivity index (χ2v) is 7.19.